The highest BCUT2D eigenvalue weighted by atomic mass is 16.1. The number of amides is 1. The van der Waals surface area contributed by atoms with Crippen LogP contribution in [-0.4, -0.2) is 20.7 Å². The normalized spacial score (nSPS) is 10.4. The second-order valence-corrected chi connectivity index (χ2v) is 4.96. The lowest BCUT2D eigenvalue weighted by atomic mass is 10.1. The van der Waals surface area contributed by atoms with Crippen molar-refractivity contribution >= 4 is 5.91 Å². The fraction of sp³-hybridized carbons (Fsp3) is 0.118. The van der Waals surface area contributed by atoms with Gasteiger partial charge in [0.2, 0.25) is 0 Å². The van der Waals surface area contributed by atoms with E-state index in [2.05, 4.69) is 15.4 Å². The molecular weight excluding hydrogens is 276 g/mol. The molecule has 0 aliphatic heterocycles. The van der Waals surface area contributed by atoms with Crippen LogP contribution in [0.3, 0.4) is 0 Å². The van der Waals surface area contributed by atoms with E-state index >= 15 is 0 Å². The number of nitrogens with zero attached hydrogens (tertiary/aromatic N) is 3. The summed E-state index contributed by atoms with van der Waals surface area (Å²) >= 11 is 0. The molecule has 0 spiro atoms. The first-order chi connectivity index (χ1) is 10.8. The van der Waals surface area contributed by atoms with Crippen molar-refractivity contribution in [3.63, 3.8) is 0 Å². The van der Waals surface area contributed by atoms with Gasteiger partial charge in [-0.1, -0.05) is 42.5 Å². The standard InChI is InChI=1S/C17H16N4O/c22-17(19-10-14-5-2-1-3-6-14)16-8-4-7-15(9-16)11-21-13-18-12-20-21/h1-9,12-13H,10-11H2,(H,19,22). The van der Waals surface area contributed by atoms with Crippen molar-refractivity contribution in [2.45, 2.75) is 13.1 Å². The quantitative estimate of drug-likeness (QED) is 0.784. The molecule has 0 aliphatic carbocycles. The average Bonchev–Trinajstić information content (AvgIpc) is 3.07. The van der Waals surface area contributed by atoms with Crippen molar-refractivity contribution in [2.75, 3.05) is 0 Å². The second kappa shape index (κ2) is 6.67. The number of rotatable bonds is 5. The minimum Gasteiger partial charge on any atom is -0.348 e. The summed E-state index contributed by atoms with van der Waals surface area (Å²) in [4.78, 5) is 16.1. The van der Waals surface area contributed by atoms with Gasteiger partial charge in [-0.15, -0.1) is 0 Å². The number of aromatic nitrogens is 3. The van der Waals surface area contributed by atoms with Gasteiger partial charge in [0.05, 0.1) is 6.54 Å². The molecular formula is C17H16N4O. The molecule has 0 radical (unpaired) electrons. The highest BCUT2D eigenvalue weighted by molar-refractivity contribution is 5.94. The molecule has 0 atom stereocenters. The van der Waals surface area contributed by atoms with Gasteiger partial charge in [0.1, 0.15) is 12.7 Å². The Morgan fingerprint density at radius 2 is 1.86 bits per heavy atom. The number of carbonyl (C=O) groups is 1. The van der Waals surface area contributed by atoms with Crippen molar-refractivity contribution in [1.82, 2.24) is 20.1 Å². The molecule has 2 aromatic carbocycles. The Labute approximate surface area is 128 Å². The highest BCUT2D eigenvalue weighted by Gasteiger charge is 2.06. The van der Waals surface area contributed by atoms with Crippen molar-refractivity contribution in [1.29, 1.82) is 0 Å². The molecule has 0 aliphatic rings. The monoisotopic (exact) mass is 292 g/mol. The Morgan fingerprint density at radius 1 is 1.05 bits per heavy atom. The van der Waals surface area contributed by atoms with E-state index in [4.69, 9.17) is 0 Å². The maximum absolute atomic E-state index is 12.2. The van der Waals surface area contributed by atoms with Gasteiger partial charge < -0.3 is 5.32 Å². The molecule has 22 heavy (non-hydrogen) atoms. The Balaban J connectivity index is 1.65. The van der Waals surface area contributed by atoms with E-state index in [-0.39, 0.29) is 5.91 Å². The molecule has 110 valence electrons. The minimum absolute atomic E-state index is 0.0794. The van der Waals surface area contributed by atoms with E-state index in [9.17, 15) is 4.79 Å². The smallest absolute Gasteiger partial charge is 0.251 e. The molecule has 0 fully saturated rings. The third-order valence-corrected chi connectivity index (χ3v) is 3.30. The lowest BCUT2D eigenvalue weighted by molar-refractivity contribution is 0.0951. The summed E-state index contributed by atoms with van der Waals surface area (Å²) in [7, 11) is 0. The Kier molecular flexibility index (Phi) is 4.25. The van der Waals surface area contributed by atoms with Crippen molar-refractivity contribution in [3.8, 4) is 0 Å². The molecule has 0 saturated carbocycles. The summed E-state index contributed by atoms with van der Waals surface area (Å²) in [6, 6.07) is 17.4. The summed E-state index contributed by atoms with van der Waals surface area (Å²) in [5.74, 6) is -0.0794. The summed E-state index contributed by atoms with van der Waals surface area (Å²) in [6.07, 6.45) is 3.15. The van der Waals surface area contributed by atoms with Gasteiger partial charge in [-0.25, -0.2) is 9.67 Å². The summed E-state index contributed by atoms with van der Waals surface area (Å²) < 4.78 is 1.72. The van der Waals surface area contributed by atoms with Gasteiger partial charge in [-0.05, 0) is 23.3 Å². The number of hydrogen-bond acceptors (Lipinski definition) is 3. The van der Waals surface area contributed by atoms with Crippen LogP contribution in [0.1, 0.15) is 21.5 Å². The van der Waals surface area contributed by atoms with Gasteiger partial charge in [0.15, 0.2) is 0 Å². The summed E-state index contributed by atoms with van der Waals surface area (Å²) in [5.41, 5.74) is 2.74. The maximum atomic E-state index is 12.2. The zero-order chi connectivity index (χ0) is 15.2. The zero-order valence-corrected chi connectivity index (χ0v) is 12.0. The fourth-order valence-electron chi connectivity index (χ4n) is 2.19. The number of carbonyl (C=O) groups excluding carboxylic acids is 1. The second-order valence-electron chi connectivity index (χ2n) is 4.96. The van der Waals surface area contributed by atoms with Crippen LogP contribution in [-0.2, 0) is 13.1 Å². The molecule has 1 N–H and O–H groups in total. The summed E-state index contributed by atoms with van der Waals surface area (Å²) in [6.45, 7) is 1.12. The van der Waals surface area contributed by atoms with E-state index in [1.165, 1.54) is 6.33 Å². The van der Waals surface area contributed by atoms with Crippen molar-refractivity contribution in [3.05, 3.63) is 83.9 Å². The topological polar surface area (TPSA) is 59.8 Å². The van der Waals surface area contributed by atoms with E-state index < -0.39 is 0 Å². The summed E-state index contributed by atoms with van der Waals surface area (Å²) in [5, 5.41) is 6.99. The lowest BCUT2D eigenvalue weighted by Crippen LogP contribution is -2.22. The molecule has 3 rings (SSSR count). The van der Waals surface area contributed by atoms with Gasteiger partial charge >= 0.3 is 0 Å². The maximum Gasteiger partial charge on any atom is 0.251 e. The van der Waals surface area contributed by atoms with Crippen LogP contribution in [0.5, 0.6) is 0 Å². The third kappa shape index (κ3) is 3.58. The van der Waals surface area contributed by atoms with Crippen LogP contribution in [0, 0.1) is 0 Å². The van der Waals surface area contributed by atoms with E-state index in [1.807, 2.05) is 54.6 Å². The molecule has 5 heteroatoms. The Hall–Kier alpha value is -2.95. The predicted octanol–water partition coefficient (Wildman–Crippen LogP) is 2.26. The molecule has 3 aromatic rings. The van der Waals surface area contributed by atoms with Gasteiger partial charge in [-0.3, -0.25) is 4.79 Å². The van der Waals surface area contributed by atoms with Crippen molar-refractivity contribution < 1.29 is 4.79 Å². The van der Waals surface area contributed by atoms with Gasteiger partial charge in [0.25, 0.3) is 5.91 Å². The van der Waals surface area contributed by atoms with E-state index in [0.717, 1.165) is 11.1 Å². The fourth-order valence-corrected chi connectivity index (χ4v) is 2.19. The minimum atomic E-state index is -0.0794. The van der Waals surface area contributed by atoms with Crippen LogP contribution < -0.4 is 5.32 Å². The molecule has 1 heterocycles. The lowest BCUT2D eigenvalue weighted by Gasteiger charge is -2.07. The highest BCUT2D eigenvalue weighted by Crippen LogP contribution is 2.07. The molecule has 0 unspecified atom stereocenters. The van der Waals surface area contributed by atoms with Crippen LogP contribution in [0.15, 0.2) is 67.3 Å². The van der Waals surface area contributed by atoms with Crippen LogP contribution in [0.25, 0.3) is 0 Å². The Bertz CT molecular complexity index is 738. The van der Waals surface area contributed by atoms with E-state index in [1.54, 1.807) is 11.0 Å². The average molecular weight is 292 g/mol. The molecule has 1 aromatic heterocycles. The molecule has 1 amide bonds. The first kappa shape index (κ1) is 14.0. The molecule has 5 nitrogen and oxygen atoms in total. The van der Waals surface area contributed by atoms with Crippen LogP contribution >= 0.6 is 0 Å². The van der Waals surface area contributed by atoms with Gasteiger partial charge in [-0.2, -0.15) is 5.10 Å². The number of nitrogens with one attached hydrogen (secondary N) is 1. The number of benzene rings is 2. The van der Waals surface area contributed by atoms with Gasteiger partial charge in [0, 0.05) is 12.1 Å². The third-order valence-electron chi connectivity index (χ3n) is 3.30. The largest absolute Gasteiger partial charge is 0.348 e. The molecule has 0 bridgehead atoms. The zero-order valence-electron chi connectivity index (χ0n) is 12.0. The first-order valence-electron chi connectivity index (χ1n) is 7.05. The Morgan fingerprint density at radius 3 is 2.64 bits per heavy atom. The van der Waals surface area contributed by atoms with Crippen LogP contribution in [0.2, 0.25) is 0 Å². The van der Waals surface area contributed by atoms with E-state index in [0.29, 0.717) is 18.7 Å². The molecule has 0 saturated heterocycles. The SMILES string of the molecule is O=C(NCc1ccccc1)c1cccc(Cn2cncn2)c1. The first-order valence-corrected chi connectivity index (χ1v) is 7.05. The van der Waals surface area contributed by atoms with Crippen LogP contribution in [0.4, 0.5) is 0 Å². The van der Waals surface area contributed by atoms with Crippen molar-refractivity contribution in [2.24, 2.45) is 0 Å². The predicted molar refractivity (Wildman–Crippen MR) is 83.2 cm³/mol. The number of hydrogen-bond donors (Lipinski definition) is 1.